The van der Waals surface area contributed by atoms with Crippen molar-refractivity contribution in [2.24, 2.45) is 0 Å². The fourth-order valence-electron chi connectivity index (χ4n) is 0.746. The van der Waals surface area contributed by atoms with Crippen LogP contribution in [0.2, 0.25) is 5.15 Å². The Hall–Kier alpha value is -1.43. The lowest BCUT2D eigenvalue weighted by Gasteiger charge is -1.90. The highest BCUT2D eigenvalue weighted by molar-refractivity contribution is 6.33. The van der Waals surface area contributed by atoms with Gasteiger partial charge in [0.2, 0.25) is 0 Å². The molecule has 3 N–H and O–H groups in total. The predicted molar refractivity (Wildman–Crippen MR) is 38.9 cm³/mol. The van der Waals surface area contributed by atoms with Gasteiger partial charge in [0.25, 0.3) is 0 Å². The van der Waals surface area contributed by atoms with Gasteiger partial charge in [0, 0.05) is 0 Å². The molecule has 0 aliphatic rings. The quantitative estimate of drug-likeness (QED) is 0.580. The molecule has 0 radical (unpaired) electrons. The molecule has 2 aromatic rings. The van der Waals surface area contributed by atoms with E-state index < -0.39 is 0 Å². The summed E-state index contributed by atoms with van der Waals surface area (Å²) in [6.07, 6.45) is 0. The maximum absolute atomic E-state index is 5.62. The molecule has 56 valence electrons. The minimum absolute atomic E-state index is 0.197. The summed E-state index contributed by atoms with van der Waals surface area (Å²) in [7, 11) is 0. The van der Waals surface area contributed by atoms with Gasteiger partial charge in [-0.3, -0.25) is 0 Å². The molecule has 2 heterocycles. The third kappa shape index (κ3) is 0.795. The predicted octanol–water partition coefficient (Wildman–Crippen LogP) is -0.0165. The largest absolute Gasteiger partial charge is 0.380 e. The Bertz CT molecular complexity index is 358. The van der Waals surface area contributed by atoms with E-state index in [1.807, 2.05) is 0 Å². The molecule has 11 heavy (non-hydrogen) atoms. The Morgan fingerprint density at radius 2 is 1.91 bits per heavy atom. The van der Waals surface area contributed by atoms with Crippen molar-refractivity contribution in [2.75, 3.05) is 5.73 Å². The molecule has 0 unspecified atom stereocenters. The maximum Gasteiger partial charge on any atom is 0.181 e. The number of H-pyrrole nitrogens is 1. The normalized spacial score (nSPS) is 10.6. The van der Waals surface area contributed by atoms with Crippen molar-refractivity contribution in [3.05, 3.63) is 5.15 Å². The summed E-state index contributed by atoms with van der Waals surface area (Å²) < 4.78 is 0. The number of nitrogens with one attached hydrogen (secondary N) is 1. The first-order chi connectivity index (χ1) is 5.29. The summed E-state index contributed by atoms with van der Waals surface area (Å²) in [6, 6.07) is 0. The van der Waals surface area contributed by atoms with Gasteiger partial charge in [0.05, 0.1) is 0 Å². The summed E-state index contributed by atoms with van der Waals surface area (Å²) in [4.78, 5) is 0. The Morgan fingerprint density at radius 3 is 2.64 bits per heavy atom. The number of anilines is 1. The van der Waals surface area contributed by atoms with E-state index in [1.165, 1.54) is 0 Å². The molecule has 7 heteroatoms. The lowest BCUT2D eigenvalue weighted by molar-refractivity contribution is 0.959. The van der Waals surface area contributed by atoms with E-state index in [1.54, 1.807) is 0 Å². The molecule has 0 spiro atoms. The molecule has 0 saturated carbocycles. The maximum atomic E-state index is 5.62. The van der Waals surface area contributed by atoms with Crippen LogP contribution in [-0.2, 0) is 0 Å². The Balaban J connectivity index is 2.96. The summed E-state index contributed by atoms with van der Waals surface area (Å²) in [5.41, 5.74) is 6.31. The van der Waals surface area contributed by atoms with Crippen molar-refractivity contribution in [3.63, 3.8) is 0 Å². The molecular weight excluding hydrogens is 168 g/mol. The molecule has 2 aromatic heterocycles. The van der Waals surface area contributed by atoms with Crippen LogP contribution < -0.4 is 5.73 Å². The number of aromatic amines is 1. The molecule has 2 rings (SSSR count). The van der Waals surface area contributed by atoms with Crippen LogP contribution in [0.3, 0.4) is 0 Å². The van der Waals surface area contributed by atoms with Crippen LogP contribution in [0.15, 0.2) is 0 Å². The van der Waals surface area contributed by atoms with Crippen molar-refractivity contribution in [1.82, 2.24) is 25.6 Å². The fraction of sp³-hybridized carbons (Fsp3) is 0. The lowest BCUT2D eigenvalue weighted by Crippen LogP contribution is -1.94. The van der Waals surface area contributed by atoms with E-state index in [2.05, 4.69) is 25.6 Å². The van der Waals surface area contributed by atoms with Crippen LogP contribution in [0.1, 0.15) is 0 Å². The average Bonchev–Trinajstić information content (AvgIpc) is 2.45. The lowest BCUT2D eigenvalue weighted by atomic mass is 10.4. The molecular formula is C4H3ClN6. The molecule has 0 aromatic carbocycles. The standard InChI is InChI=1S/C4H3ClN6/c5-3-1-2(8-11-7-1)4(6)10-9-3/h(H2,6,10)(H,7,8,11). The molecule has 0 atom stereocenters. The van der Waals surface area contributed by atoms with Crippen molar-refractivity contribution in [3.8, 4) is 0 Å². The van der Waals surface area contributed by atoms with E-state index >= 15 is 0 Å². The van der Waals surface area contributed by atoms with Crippen LogP contribution in [0.5, 0.6) is 0 Å². The zero-order valence-corrected chi connectivity index (χ0v) is 6.00. The molecule has 0 amide bonds. The number of aromatic nitrogens is 5. The third-order valence-electron chi connectivity index (χ3n) is 1.23. The van der Waals surface area contributed by atoms with Crippen molar-refractivity contribution in [1.29, 1.82) is 0 Å². The molecule has 0 aliphatic carbocycles. The van der Waals surface area contributed by atoms with Gasteiger partial charge in [-0.1, -0.05) is 11.6 Å². The van der Waals surface area contributed by atoms with Gasteiger partial charge in [0.1, 0.15) is 0 Å². The number of halogens is 1. The number of fused-ring (bicyclic) bond motifs is 1. The third-order valence-corrected chi connectivity index (χ3v) is 1.49. The first-order valence-corrected chi connectivity index (χ1v) is 3.15. The highest BCUT2D eigenvalue weighted by Gasteiger charge is 2.08. The summed E-state index contributed by atoms with van der Waals surface area (Å²) in [6.45, 7) is 0. The molecule has 0 fully saturated rings. The van der Waals surface area contributed by atoms with E-state index in [-0.39, 0.29) is 11.0 Å². The van der Waals surface area contributed by atoms with Crippen LogP contribution in [0, 0.1) is 0 Å². The van der Waals surface area contributed by atoms with Gasteiger partial charge in [-0.15, -0.1) is 10.2 Å². The SMILES string of the molecule is Nc1nnc(Cl)c2n[nH]nc12. The second-order valence-electron chi connectivity index (χ2n) is 1.90. The Kier molecular flexibility index (Phi) is 1.16. The van der Waals surface area contributed by atoms with E-state index in [0.717, 1.165) is 0 Å². The number of nitrogens with zero attached hydrogens (tertiary/aromatic N) is 4. The van der Waals surface area contributed by atoms with Gasteiger partial charge < -0.3 is 5.73 Å². The van der Waals surface area contributed by atoms with Crippen molar-refractivity contribution < 1.29 is 0 Å². The van der Waals surface area contributed by atoms with Gasteiger partial charge in [-0.2, -0.15) is 15.4 Å². The number of hydrogen-bond donors (Lipinski definition) is 2. The van der Waals surface area contributed by atoms with Crippen LogP contribution >= 0.6 is 11.6 Å². The molecule has 0 bridgehead atoms. The first-order valence-electron chi connectivity index (χ1n) is 2.77. The second-order valence-corrected chi connectivity index (χ2v) is 2.25. The fourth-order valence-corrected chi connectivity index (χ4v) is 0.915. The molecule has 0 aliphatic heterocycles. The van der Waals surface area contributed by atoms with Crippen molar-refractivity contribution in [2.45, 2.75) is 0 Å². The van der Waals surface area contributed by atoms with E-state index in [9.17, 15) is 0 Å². The summed E-state index contributed by atoms with van der Waals surface area (Å²) in [5, 5.41) is 17.1. The Morgan fingerprint density at radius 1 is 1.18 bits per heavy atom. The first kappa shape index (κ1) is 6.29. The number of nitrogen functional groups attached to an aromatic ring is 1. The second kappa shape index (κ2) is 2.03. The highest BCUT2D eigenvalue weighted by atomic mass is 35.5. The van der Waals surface area contributed by atoms with Gasteiger partial charge in [-0.25, -0.2) is 0 Å². The van der Waals surface area contributed by atoms with E-state index in [0.29, 0.717) is 11.0 Å². The average molecular weight is 171 g/mol. The van der Waals surface area contributed by atoms with Crippen LogP contribution in [0.25, 0.3) is 11.0 Å². The monoisotopic (exact) mass is 170 g/mol. The van der Waals surface area contributed by atoms with Gasteiger partial charge >= 0.3 is 0 Å². The topological polar surface area (TPSA) is 93.4 Å². The summed E-state index contributed by atoms with van der Waals surface area (Å²) in [5.74, 6) is 0.221. The number of rotatable bonds is 0. The number of nitrogens with two attached hydrogens (primary N) is 1. The minimum atomic E-state index is 0.197. The molecule has 6 nitrogen and oxygen atoms in total. The van der Waals surface area contributed by atoms with Crippen molar-refractivity contribution >= 4 is 28.5 Å². The van der Waals surface area contributed by atoms with Gasteiger partial charge in [0.15, 0.2) is 22.0 Å². The number of hydrogen-bond acceptors (Lipinski definition) is 5. The highest BCUT2D eigenvalue weighted by Crippen LogP contribution is 2.18. The molecule has 0 saturated heterocycles. The minimum Gasteiger partial charge on any atom is -0.380 e. The summed E-state index contributed by atoms with van der Waals surface area (Å²) >= 11 is 5.62. The van der Waals surface area contributed by atoms with Gasteiger partial charge in [-0.05, 0) is 0 Å². The van der Waals surface area contributed by atoms with Crippen LogP contribution in [-0.4, -0.2) is 25.6 Å². The Labute approximate surface area is 65.7 Å². The van der Waals surface area contributed by atoms with Crippen LogP contribution in [0.4, 0.5) is 5.82 Å². The van der Waals surface area contributed by atoms with E-state index in [4.69, 9.17) is 17.3 Å². The zero-order valence-electron chi connectivity index (χ0n) is 5.24. The smallest absolute Gasteiger partial charge is 0.181 e. The zero-order chi connectivity index (χ0) is 7.84.